The molecular weight excluding hydrogens is 179 g/mol. The van der Waals surface area contributed by atoms with E-state index in [0.717, 1.165) is 0 Å². The van der Waals surface area contributed by atoms with Gasteiger partial charge in [0, 0.05) is 0 Å². The second kappa shape index (κ2) is 10.6. The molecule has 0 aliphatic heterocycles. The van der Waals surface area contributed by atoms with Crippen LogP contribution in [0.25, 0.3) is 0 Å². The third-order valence-electron chi connectivity index (χ3n) is 0. The molecule has 0 atom stereocenters. The zero-order valence-corrected chi connectivity index (χ0v) is 8.94. The molecule has 0 aromatic carbocycles. The molecule has 0 radical (unpaired) electrons. The van der Waals surface area contributed by atoms with Gasteiger partial charge in [-0.15, -0.1) is 0 Å². The van der Waals surface area contributed by atoms with Crippen LogP contribution < -0.4 is 0 Å². The Balaban J connectivity index is -0.00000000300. The Labute approximate surface area is 106 Å². The van der Waals surface area contributed by atoms with E-state index >= 15 is 0 Å². The van der Waals surface area contributed by atoms with E-state index in [1.54, 1.807) is 0 Å². The first-order valence-corrected chi connectivity index (χ1v) is 2.33. The second-order valence-electron chi connectivity index (χ2n) is 0.238. The van der Waals surface area contributed by atoms with Crippen LogP contribution in [-0.4, -0.2) is 79.5 Å². The summed E-state index contributed by atoms with van der Waals surface area (Å²) in [5, 5.41) is 0. The summed E-state index contributed by atoms with van der Waals surface area (Å²) in [5.74, 6) is 0. The van der Waals surface area contributed by atoms with Crippen LogP contribution in [0.3, 0.4) is 0 Å². The Bertz CT molecular complexity index is 66.9. The van der Waals surface area contributed by atoms with Crippen molar-refractivity contribution in [3.05, 3.63) is 0 Å². The van der Waals surface area contributed by atoms with Crippen LogP contribution in [0.1, 0.15) is 5.71 Å². The molecule has 0 aromatic rings. The Hall–Kier alpha value is 2.66. The summed E-state index contributed by atoms with van der Waals surface area (Å²) in [5.41, 5.74) is 0. The Morgan fingerprint density at radius 2 is 1.33 bits per heavy atom. The van der Waals surface area contributed by atoms with Crippen LogP contribution in [0.2, 0.25) is 0 Å². The van der Waals surface area contributed by atoms with Crippen molar-refractivity contribution in [1.82, 2.24) is 0 Å². The molecule has 1 N–H and O–H groups in total. The van der Waals surface area contributed by atoms with Crippen molar-refractivity contribution in [2.24, 2.45) is 0 Å². The predicted molar refractivity (Wildman–Crippen MR) is 19.5 cm³/mol. The van der Waals surface area contributed by atoms with Crippen molar-refractivity contribution in [3.8, 4) is 0 Å². The van der Waals surface area contributed by atoms with Gasteiger partial charge in [-0.1, -0.05) is 0 Å². The van der Waals surface area contributed by atoms with Crippen LogP contribution in [0.15, 0.2) is 0 Å². The summed E-state index contributed by atoms with van der Waals surface area (Å²) >= 11 is -3.69. The first-order valence-electron chi connectivity index (χ1n) is 0.565. The molecule has 0 bridgehead atoms. The third-order valence-corrected chi connectivity index (χ3v) is 0. The molecule has 0 saturated heterocycles. The average molecular weight is 184 g/mol. The van der Waals surface area contributed by atoms with Crippen LogP contribution in [-0.2, 0) is 22.7 Å². The van der Waals surface area contributed by atoms with Crippen molar-refractivity contribution in [2.45, 2.75) is 0 Å². The van der Waals surface area contributed by atoms with Crippen LogP contribution in [0.5, 0.6) is 0 Å². The predicted octanol–water partition coefficient (Wildman–Crippen LogP) is -1.11. The topological polar surface area (TPSA) is 54.4 Å². The van der Waals surface area contributed by atoms with Crippen LogP contribution in [0.4, 0.5) is 0 Å². The van der Waals surface area contributed by atoms with Crippen LogP contribution >= 0.6 is 0 Å². The first kappa shape index (κ1) is 15.9. The van der Waals surface area contributed by atoms with Gasteiger partial charge in [-0.05, 0) is 0 Å². The fraction of sp³-hybridized carbons (Fsp3) is 0. The average Bonchev–Trinajstić information content (AvgIpc) is 0.811. The van der Waals surface area contributed by atoms with Crippen molar-refractivity contribution >= 4 is 75.5 Å². The molecule has 3 nitrogen and oxygen atoms in total. The van der Waals surface area contributed by atoms with Gasteiger partial charge in [-0.25, -0.2) is 0 Å². The molecule has 0 unspecified atom stereocenters. The fourth-order valence-electron chi connectivity index (χ4n) is 0. The van der Waals surface area contributed by atoms with E-state index in [1.165, 1.54) is 0 Å². The van der Waals surface area contributed by atoms with Gasteiger partial charge in [-0.2, -0.15) is 0 Å². The van der Waals surface area contributed by atoms with Crippen molar-refractivity contribution in [3.63, 3.8) is 0 Å². The van der Waals surface area contributed by atoms with Gasteiger partial charge in [0.05, 0.1) is 0 Å². The fourth-order valence-corrected chi connectivity index (χ4v) is 0. The van der Waals surface area contributed by atoms with E-state index in [9.17, 15) is 0 Å². The molecule has 0 amide bonds. The zero-order chi connectivity index (χ0) is 3.58. The van der Waals surface area contributed by atoms with Gasteiger partial charge >= 0.3 is 102 Å². The standard InChI is InChI=1S/2Ca.H2O.2O.V.4H/h;;1H2;;;;;;;/q2*+2;;;;+1;4*-1/p-1. The van der Waals surface area contributed by atoms with Gasteiger partial charge in [-0.3, -0.25) is 0 Å². The Kier molecular flexibility index (Phi) is 28.0. The molecule has 0 fully saturated rings. The summed E-state index contributed by atoms with van der Waals surface area (Å²) in [4.78, 5) is 0. The minimum atomic E-state index is -3.69. The molecule has 0 aromatic heterocycles. The van der Waals surface area contributed by atoms with Crippen molar-refractivity contribution in [2.75, 3.05) is 0 Å². The quantitative estimate of drug-likeness (QED) is 0.486. The third kappa shape index (κ3) is 30.1. The van der Waals surface area contributed by atoms with Gasteiger partial charge in [0.1, 0.15) is 0 Å². The molecule has 0 aliphatic rings. The molecule has 6 heavy (non-hydrogen) atoms. The molecule has 6 heteroatoms. The summed E-state index contributed by atoms with van der Waals surface area (Å²) in [6.07, 6.45) is 0. The molecule has 0 heterocycles. The minimum absolute atomic E-state index is 0. The molecule has 0 spiro atoms. The normalized spacial score (nSPS) is 4.17. The number of rotatable bonds is 0. The van der Waals surface area contributed by atoms with Crippen LogP contribution in [0, 0.1) is 0 Å². The number of hydrogen-bond acceptors (Lipinski definition) is 2. The maximum absolute atomic E-state index is 8.67. The second-order valence-corrected chi connectivity index (χ2v) is 0.981. The zero-order valence-electron chi connectivity index (χ0n) is 7.13. The molecule has 0 aliphatic carbocycles. The Morgan fingerprint density at radius 1 is 1.33 bits per heavy atom. The van der Waals surface area contributed by atoms with E-state index in [1.807, 2.05) is 0 Å². The van der Waals surface area contributed by atoms with Crippen molar-refractivity contribution < 1.29 is 32.5 Å². The van der Waals surface area contributed by atoms with E-state index in [2.05, 4.69) is 0 Å². The molecular formula is H5Ca2O3V. The summed E-state index contributed by atoms with van der Waals surface area (Å²) < 4.78 is 24.4. The van der Waals surface area contributed by atoms with E-state index in [4.69, 9.17) is 11.4 Å². The maximum atomic E-state index is 8.67. The monoisotopic (exact) mass is 184 g/mol. The van der Waals surface area contributed by atoms with Gasteiger partial charge in [0.25, 0.3) is 0 Å². The SMILES string of the molecule is [Ca+2].[Ca+2].[H-].[H-].[H-].[H-].[O]=[V](=[O])[OH]. The van der Waals surface area contributed by atoms with E-state index in [-0.39, 0.29) is 81.2 Å². The first-order chi connectivity index (χ1) is 1.73. The van der Waals surface area contributed by atoms with E-state index < -0.39 is 15.4 Å². The summed E-state index contributed by atoms with van der Waals surface area (Å²) in [6, 6.07) is 0. The van der Waals surface area contributed by atoms with E-state index in [0.29, 0.717) is 0 Å². The Morgan fingerprint density at radius 3 is 1.33 bits per heavy atom. The van der Waals surface area contributed by atoms with Gasteiger partial charge < -0.3 is 5.71 Å². The molecule has 0 rings (SSSR count). The van der Waals surface area contributed by atoms with Gasteiger partial charge in [0.15, 0.2) is 0 Å². The van der Waals surface area contributed by atoms with Gasteiger partial charge in [0.2, 0.25) is 0 Å². The number of hydrogen-bond donors (Lipinski definition) is 1. The summed E-state index contributed by atoms with van der Waals surface area (Å²) in [7, 11) is 0. The summed E-state index contributed by atoms with van der Waals surface area (Å²) in [6.45, 7) is 0. The molecule has 0 saturated carbocycles. The van der Waals surface area contributed by atoms with Crippen molar-refractivity contribution in [1.29, 1.82) is 0 Å². The molecule has 32 valence electrons.